The highest BCUT2D eigenvalue weighted by atomic mass is 35.5. The first-order chi connectivity index (χ1) is 15.7. The first-order valence-electron chi connectivity index (χ1n) is 10.1. The molecule has 0 aromatic heterocycles. The lowest BCUT2D eigenvalue weighted by Crippen LogP contribution is -2.44. The number of benzene rings is 2. The second-order valence-electron chi connectivity index (χ2n) is 7.14. The van der Waals surface area contributed by atoms with Crippen LogP contribution in [0.25, 0.3) is 0 Å². The highest BCUT2D eigenvalue weighted by molar-refractivity contribution is 7.98. The number of anilines is 1. The second kappa shape index (κ2) is 12.9. The van der Waals surface area contributed by atoms with Gasteiger partial charge in [0.15, 0.2) is 6.61 Å². The molecule has 0 aliphatic heterocycles. The van der Waals surface area contributed by atoms with Crippen molar-refractivity contribution in [2.24, 2.45) is 0 Å². The Morgan fingerprint density at radius 2 is 1.79 bits per heavy atom. The molecule has 8 nitrogen and oxygen atoms in total. The van der Waals surface area contributed by atoms with Crippen molar-refractivity contribution in [3.63, 3.8) is 0 Å². The van der Waals surface area contributed by atoms with Gasteiger partial charge in [-0.05, 0) is 61.6 Å². The zero-order valence-corrected chi connectivity index (χ0v) is 20.1. The fourth-order valence-electron chi connectivity index (χ4n) is 2.81. The molecule has 2 rings (SSSR count). The summed E-state index contributed by atoms with van der Waals surface area (Å²) in [6, 6.07) is 10.1. The van der Waals surface area contributed by atoms with Gasteiger partial charge in [-0.2, -0.15) is 11.8 Å². The number of hydrogen-bond donors (Lipinski definition) is 3. The number of hydrogen-bond acceptors (Lipinski definition) is 6. The number of halogens is 1. The summed E-state index contributed by atoms with van der Waals surface area (Å²) >= 11 is 7.53. The van der Waals surface area contributed by atoms with Crippen LogP contribution in [-0.4, -0.2) is 48.5 Å². The van der Waals surface area contributed by atoms with Gasteiger partial charge < -0.3 is 15.4 Å². The minimum Gasteiger partial charge on any atom is -0.454 e. The number of imide groups is 1. The van der Waals surface area contributed by atoms with Crippen LogP contribution >= 0.6 is 23.4 Å². The van der Waals surface area contributed by atoms with Crippen LogP contribution in [0.2, 0.25) is 5.02 Å². The molecule has 1 atom stereocenters. The predicted octanol–water partition coefficient (Wildman–Crippen LogP) is 3.70. The standard InChI is InChI=1S/C23H26ClN3O5S/c1-14-7-6-10-18(15(14)2)26-23(31)27-20(28)13-32-22(30)19(11-12-33-3)25-21(29)16-8-4-5-9-17(16)24/h4-10,19H,11-13H2,1-3H3,(H,25,29)(H2,26,27,28,31). The van der Waals surface area contributed by atoms with E-state index in [1.807, 2.05) is 26.2 Å². The fourth-order valence-corrected chi connectivity index (χ4v) is 3.50. The van der Waals surface area contributed by atoms with Crippen LogP contribution < -0.4 is 16.0 Å². The Bertz CT molecular complexity index is 1030. The summed E-state index contributed by atoms with van der Waals surface area (Å²) in [5, 5.41) is 7.54. The van der Waals surface area contributed by atoms with Crippen LogP contribution in [0.5, 0.6) is 0 Å². The van der Waals surface area contributed by atoms with Gasteiger partial charge in [-0.1, -0.05) is 35.9 Å². The molecule has 4 amide bonds. The molecule has 176 valence electrons. The number of ether oxygens (including phenoxy) is 1. The molecule has 2 aromatic rings. The van der Waals surface area contributed by atoms with Crippen molar-refractivity contribution in [3.8, 4) is 0 Å². The molecule has 0 heterocycles. The quantitative estimate of drug-likeness (QED) is 0.461. The molecule has 3 N–H and O–H groups in total. The predicted molar refractivity (Wildman–Crippen MR) is 130 cm³/mol. The van der Waals surface area contributed by atoms with Gasteiger partial charge in [-0.3, -0.25) is 14.9 Å². The maximum absolute atomic E-state index is 12.5. The minimum absolute atomic E-state index is 0.224. The lowest BCUT2D eigenvalue weighted by molar-refractivity contribution is -0.150. The Kier molecular flexibility index (Phi) is 10.2. The zero-order chi connectivity index (χ0) is 24.4. The maximum Gasteiger partial charge on any atom is 0.329 e. The lowest BCUT2D eigenvalue weighted by Gasteiger charge is -2.17. The molecule has 33 heavy (non-hydrogen) atoms. The third-order valence-electron chi connectivity index (χ3n) is 4.77. The summed E-state index contributed by atoms with van der Waals surface area (Å²) in [5.74, 6) is -1.53. The SMILES string of the molecule is CSCCC(NC(=O)c1ccccc1Cl)C(=O)OCC(=O)NC(=O)Nc1cccc(C)c1C. The molecular formula is C23H26ClN3O5S. The minimum atomic E-state index is -0.974. The van der Waals surface area contributed by atoms with E-state index in [1.165, 1.54) is 17.8 Å². The van der Waals surface area contributed by atoms with Gasteiger partial charge in [-0.25, -0.2) is 9.59 Å². The maximum atomic E-state index is 12.5. The van der Waals surface area contributed by atoms with Crippen molar-refractivity contribution >= 4 is 52.9 Å². The van der Waals surface area contributed by atoms with E-state index in [-0.39, 0.29) is 10.6 Å². The van der Waals surface area contributed by atoms with E-state index >= 15 is 0 Å². The van der Waals surface area contributed by atoms with Crippen LogP contribution in [0.1, 0.15) is 27.9 Å². The van der Waals surface area contributed by atoms with Gasteiger partial charge in [-0.15, -0.1) is 0 Å². The number of amides is 4. The highest BCUT2D eigenvalue weighted by Gasteiger charge is 2.24. The number of thioether (sulfide) groups is 1. The number of aryl methyl sites for hydroxylation is 1. The second-order valence-corrected chi connectivity index (χ2v) is 8.54. The largest absolute Gasteiger partial charge is 0.454 e. The highest BCUT2D eigenvalue weighted by Crippen LogP contribution is 2.18. The zero-order valence-electron chi connectivity index (χ0n) is 18.6. The summed E-state index contributed by atoms with van der Waals surface area (Å²) in [4.78, 5) is 49.2. The van der Waals surface area contributed by atoms with Gasteiger partial charge in [0, 0.05) is 5.69 Å². The third-order valence-corrected chi connectivity index (χ3v) is 5.74. The Morgan fingerprint density at radius 3 is 2.48 bits per heavy atom. The number of carbonyl (C=O) groups excluding carboxylic acids is 4. The molecule has 0 aliphatic rings. The molecule has 1 unspecified atom stereocenters. The Morgan fingerprint density at radius 1 is 1.06 bits per heavy atom. The lowest BCUT2D eigenvalue weighted by atomic mass is 10.1. The average Bonchev–Trinajstić information content (AvgIpc) is 2.78. The van der Waals surface area contributed by atoms with Gasteiger partial charge in [0.2, 0.25) is 0 Å². The summed E-state index contributed by atoms with van der Waals surface area (Å²) in [7, 11) is 0. The molecule has 0 spiro atoms. The fraction of sp³-hybridized carbons (Fsp3) is 0.304. The number of esters is 1. The van der Waals surface area contributed by atoms with Gasteiger partial charge in [0.1, 0.15) is 6.04 Å². The monoisotopic (exact) mass is 491 g/mol. The van der Waals surface area contributed by atoms with E-state index in [0.717, 1.165) is 11.1 Å². The average molecular weight is 492 g/mol. The van der Waals surface area contributed by atoms with Crippen LogP contribution in [0.4, 0.5) is 10.5 Å². The topological polar surface area (TPSA) is 114 Å². The van der Waals surface area contributed by atoms with E-state index in [1.54, 1.807) is 30.3 Å². The van der Waals surface area contributed by atoms with E-state index in [4.69, 9.17) is 16.3 Å². The van der Waals surface area contributed by atoms with Gasteiger partial charge in [0.25, 0.3) is 11.8 Å². The first-order valence-corrected chi connectivity index (χ1v) is 11.9. The summed E-state index contributed by atoms with van der Waals surface area (Å²) < 4.78 is 5.04. The van der Waals surface area contributed by atoms with Crippen molar-refractivity contribution in [3.05, 3.63) is 64.2 Å². The van der Waals surface area contributed by atoms with E-state index < -0.39 is 36.5 Å². The number of carbonyl (C=O) groups is 4. The number of nitrogens with one attached hydrogen (secondary N) is 3. The molecule has 10 heteroatoms. The normalized spacial score (nSPS) is 11.3. The first kappa shape index (κ1) is 26.2. The van der Waals surface area contributed by atoms with E-state index in [9.17, 15) is 19.2 Å². The molecule has 0 aliphatic carbocycles. The molecule has 0 saturated heterocycles. The van der Waals surface area contributed by atoms with Crippen molar-refractivity contribution in [2.45, 2.75) is 26.3 Å². The number of urea groups is 1. The smallest absolute Gasteiger partial charge is 0.329 e. The van der Waals surface area contributed by atoms with Crippen molar-refractivity contribution in [1.29, 1.82) is 0 Å². The van der Waals surface area contributed by atoms with Crippen LogP contribution in [0.3, 0.4) is 0 Å². The summed E-state index contributed by atoms with van der Waals surface area (Å²) in [6.45, 7) is 3.08. The molecular weight excluding hydrogens is 466 g/mol. The Labute approximate surface area is 201 Å². The van der Waals surface area contributed by atoms with E-state index in [0.29, 0.717) is 17.9 Å². The molecule has 0 bridgehead atoms. The van der Waals surface area contributed by atoms with Crippen LogP contribution in [-0.2, 0) is 14.3 Å². The van der Waals surface area contributed by atoms with Crippen molar-refractivity contribution in [2.75, 3.05) is 23.9 Å². The van der Waals surface area contributed by atoms with Crippen molar-refractivity contribution < 1.29 is 23.9 Å². The van der Waals surface area contributed by atoms with Gasteiger partial charge in [0.05, 0.1) is 10.6 Å². The number of rotatable bonds is 9. The van der Waals surface area contributed by atoms with Crippen LogP contribution in [0, 0.1) is 13.8 Å². The Hall–Kier alpha value is -3.04. The molecule has 0 radical (unpaired) electrons. The van der Waals surface area contributed by atoms with Crippen molar-refractivity contribution in [1.82, 2.24) is 10.6 Å². The summed E-state index contributed by atoms with van der Waals surface area (Å²) in [5.41, 5.74) is 2.65. The van der Waals surface area contributed by atoms with Gasteiger partial charge >= 0.3 is 12.0 Å². The molecule has 0 saturated carbocycles. The summed E-state index contributed by atoms with van der Waals surface area (Å²) in [6.07, 6.45) is 2.16. The Balaban J connectivity index is 1.90. The third kappa shape index (κ3) is 8.11. The molecule has 0 fully saturated rings. The van der Waals surface area contributed by atoms with Crippen LogP contribution in [0.15, 0.2) is 42.5 Å². The van der Waals surface area contributed by atoms with E-state index in [2.05, 4.69) is 16.0 Å². The molecule has 2 aromatic carbocycles.